The average molecular weight is 311 g/mol. The van der Waals surface area contributed by atoms with Crippen LogP contribution in [0.1, 0.15) is 5.56 Å². The summed E-state index contributed by atoms with van der Waals surface area (Å²) in [5.41, 5.74) is 12.8. The Bertz CT molecular complexity index is 642. The smallest absolute Gasteiger partial charge is 0.252 e. The first-order valence-corrected chi connectivity index (χ1v) is 6.75. The Morgan fingerprint density at radius 2 is 2.14 bits per heavy atom. The third kappa shape index (κ3) is 3.40. The highest BCUT2D eigenvalue weighted by atomic mass is 35.5. The number of nitrogens with zero attached hydrogens (tertiary/aromatic N) is 2. The van der Waals surface area contributed by atoms with Gasteiger partial charge in [-0.1, -0.05) is 11.6 Å². The summed E-state index contributed by atoms with van der Waals surface area (Å²) in [5.74, 6) is -1.22. The first-order chi connectivity index (χ1) is 9.90. The predicted molar refractivity (Wildman–Crippen MR) is 81.5 cm³/mol. The molecule has 1 aliphatic heterocycles. The topological polar surface area (TPSA) is 84.7 Å². The number of aliphatic imine (C=N–C) groups is 1. The van der Waals surface area contributed by atoms with Gasteiger partial charge in [-0.2, -0.15) is 0 Å². The summed E-state index contributed by atoms with van der Waals surface area (Å²) in [4.78, 5) is 18.1. The van der Waals surface area contributed by atoms with Crippen LogP contribution in [0.15, 0.2) is 28.8 Å². The van der Waals surface area contributed by atoms with Crippen molar-refractivity contribution in [3.63, 3.8) is 0 Å². The zero-order valence-electron chi connectivity index (χ0n) is 11.6. The molecule has 1 aromatic carbocycles. The third-order valence-electron chi connectivity index (χ3n) is 3.24. The van der Waals surface area contributed by atoms with E-state index in [4.69, 9.17) is 23.1 Å². The molecule has 0 fully saturated rings. The van der Waals surface area contributed by atoms with Crippen LogP contribution < -0.4 is 11.5 Å². The van der Waals surface area contributed by atoms with Crippen molar-refractivity contribution < 1.29 is 9.18 Å². The largest absolute Gasteiger partial charge is 0.398 e. The molecule has 0 saturated heterocycles. The standard InChI is InChI=1S/C14H16ClFN4O/c1-20-5-4-19-11(7-20)12(14(18)21)13(17)8-2-3-10(16)9(15)6-8/h2-3,6H,4-5,7,17H2,1H3,(H2,18,21). The second-order valence-electron chi connectivity index (χ2n) is 4.85. The summed E-state index contributed by atoms with van der Waals surface area (Å²) >= 11 is 5.74. The molecular formula is C14H16ClFN4O. The molecule has 1 heterocycles. The van der Waals surface area contributed by atoms with Gasteiger partial charge in [-0.05, 0) is 30.8 Å². The van der Waals surface area contributed by atoms with E-state index < -0.39 is 11.7 Å². The lowest BCUT2D eigenvalue weighted by Gasteiger charge is -2.23. The van der Waals surface area contributed by atoms with Gasteiger partial charge in [0.25, 0.3) is 5.91 Å². The number of primary amides is 1. The van der Waals surface area contributed by atoms with E-state index in [9.17, 15) is 9.18 Å². The normalized spacial score (nSPS) is 17.2. The van der Waals surface area contributed by atoms with Crippen LogP contribution in [-0.2, 0) is 4.79 Å². The minimum Gasteiger partial charge on any atom is -0.398 e. The van der Waals surface area contributed by atoms with Gasteiger partial charge in [0.1, 0.15) is 5.82 Å². The van der Waals surface area contributed by atoms with Crippen LogP contribution in [0.25, 0.3) is 5.70 Å². The highest BCUT2D eigenvalue weighted by Gasteiger charge is 2.22. The molecule has 1 aliphatic rings. The maximum Gasteiger partial charge on any atom is 0.252 e. The molecule has 0 spiro atoms. The van der Waals surface area contributed by atoms with Gasteiger partial charge in [-0.15, -0.1) is 0 Å². The second-order valence-corrected chi connectivity index (χ2v) is 5.26. The fourth-order valence-corrected chi connectivity index (χ4v) is 2.32. The average Bonchev–Trinajstić information content (AvgIpc) is 2.41. The summed E-state index contributed by atoms with van der Waals surface area (Å²) in [7, 11) is 1.91. The van der Waals surface area contributed by atoms with Gasteiger partial charge in [0.05, 0.1) is 28.5 Å². The van der Waals surface area contributed by atoms with E-state index in [1.165, 1.54) is 18.2 Å². The molecule has 1 amide bonds. The molecule has 7 heteroatoms. The number of hydrogen-bond acceptors (Lipinski definition) is 4. The molecule has 4 N–H and O–H groups in total. The molecule has 5 nitrogen and oxygen atoms in total. The zero-order valence-corrected chi connectivity index (χ0v) is 12.3. The van der Waals surface area contributed by atoms with Crippen LogP contribution >= 0.6 is 11.6 Å². The number of carbonyl (C=O) groups is 1. The van der Waals surface area contributed by atoms with Crippen LogP contribution in [0, 0.1) is 5.82 Å². The van der Waals surface area contributed by atoms with Crippen LogP contribution in [-0.4, -0.2) is 43.2 Å². The molecule has 1 aromatic rings. The molecule has 0 saturated carbocycles. The number of amides is 1. The minimum absolute atomic E-state index is 0.0676. The Balaban J connectivity index is 2.50. The fraction of sp³-hybridized carbons (Fsp3) is 0.286. The van der Waals surface area contributed by atoms with Crippen LogP contribution in [0.3, 0.4) is 0 Å². The quantitative estimate of drug-likeness (QED) is 0.817. The van der Waals surface area contributed by atoms with E-state index in [1.54, 1.807) is 0 Å². The summed E-state index contributed by atoms with van der Waals surface area (Å²) < 4.78 is 13.2. The van der Waals surface area contributed by atoms with Crippen molar-refractivity contribution >= 4 is 28.9 Å². The first kappa shape index (κ1) is 15.5. The summed E-state index contributed by atoms with van der Waals surface area (Å²) in [5, 5.41) is -0.0676. The van der Waals surface area contributed by atoms with Gasteiger partial charge in [-0.3, -0.25) is 14.7 Å². The number of halogens is 2. The minimum atomic E-state index is -0.665. The van der Waals surface area contributed by atoms with Crippen molar-refractivity contribution in [2.75, 3.05) is 26.7 Å². The summed E-state index contributed by atoms with van der Waals surface area (Å²) in [6.07, 6.45) is 0. The van der Waals surface area contributed by atoms with E-state index in [-0.39, 0.29) is 16.3 Å². The predicted octanol–water partition coefficient (Wildman–Crippen LogP) is 1.02. The molecule has 2 rings (SSSR count). The van der Waals surface area contributed by atoms with E-state index in [1.807, 2.05) is 11.9 Å². The number of rotatable bonds is 3. The van der Waals surface area contributed by atoms with E-state index in [2.05, 4.69) is 4.99 Å². The molecule has 0 bridgehead atoms. The molecule has 0 aliphatic carbocycles. The number of carbonyl (C=O) groups excluding carboxylic acids is 1. The Hall–Kier alpha value is -1.92. The van der Waals surface area contributed by atoms with Crippen molar-refractivity contribution in [3.05, 3.63) is 40.2 Å². The van der Waals surface area contributed by atoms with E-state index in [0.29, 0.717) is 24.4 Å². The van der Waals surface area contributed by atoms with Crippen molar-refractivity contribution in [3.8, 4) is 0 Å². The molecular weight excluding hydrogens is 295 g/mol. The molecule has 0 atom stereocenters. The lowest BCUT2D eigenvalue weighted by Crippen LogP contribution is -2.37. The first-order valence-electron chi connectivity index (χ1n) is 6.37. The summed E-state index contributed by atoms with van der Waals surface area (Å²) in [6.45, 7) is 1.85. The Labute approximate surface area is 127 Å². The molecule has 0 aromatic heterocycles. The lowest BCUT2D eigenvalue weighted by molar-refractivity contribution is -0.114. The zero-order chi connectivity index (χ0) is 15.6. The van der Waals surface area contributed by atoms with Gasteiger partial charge in [-0.25, -0.2) is 4.39 Å². The van der Waals surface area contributed by atoms with Crippen LogP contribution in [0.4, 0.5) is 4.39 Å². The third-order valence-corrected chi connectivity index (χ3v) is 3.53. The lowest BCUT2D eigenvalue weighted by atomic mass is 10.0. The highest BCUT2D eigenvalue weighted by molar-refractivity contribution is 6.31. The van der Waals surface area contributed by atoms with Crippen molar-refractivity contribution in [2.24, 2.45) is 16.5 Å². The van der Waals surface area contributed by atoms with Crippen LogP contribution in [0.2, 0.25) is 5.02 Å². The maximum atomic E-state index is 13.2. The number of hydrogen-bond donors (Lipinski definition) is 2. The van der Waals surface area contributed by atoms with Crippen molar-refractivity contribution in [2.45, 2.75) is 0 Å². The number of benzene rings is 1. The Morgan fingerprint density at radius 1 is 1.43 bits per heavy atom. The monoisotopic (exact) mass is 310 g/mol. The Kier molecular flexibility index (Phi) is 4.59. The fourth-order valence-electron chi connectivity index (χ4n) is 2.14. The molecule has 0 radical (unpaired) electrons. The molecule has 0 unspecified atom stereocenters. The maximum absolute atomic E-state index is 13.2. The Morgan fingerprint density at radius 3 is 2.71 bits per heavy atom. The molecule has 21 heavy (non-hydrogen) atoms. The number of likely N-dealkylation sites (N-methyl/N-ethyl adjacent to an activating group) is 1. The van der Waals surface area contributed by atoms with E-state index in [0.717, 1.165) is 6.54 Å². The van der Waals surface area contributed by atoms with Gasteiger partial charge in [0.15, 0.2) is 0 Å². The SMILES string of the molecule is CN1CCN=C(C(C(N)=O)=C(N)c2ccc(F)c(Cl)c2)C1. The van der Waals surface area contributed by atoms with Gasteiger partial charge in [0, 0.05) is 13.1 Å². The van der Waals surface area contributed by atoms with Crippen molar-refractivity contribution in [1.82, 2.24) is 4.90 Å². The summed E-state index contributed by atoms with van der Waals surface area (Å²) in [6, 6.07) is 4.01. The van der Waals surface area contributed by atoms with Gasteiger partial charge >= 0.3 is 0 Å². The van der Waals surface area contributed by atoms with Crippen molar-refractivity contribution in [1.29, 1.82) is 0 Å². The number of nitrogens with two attached hydrogens (primary N) is 2. The molecule has 112 valence electrons. The van der Waals surface area contributed by atoms with Gasteiger partial charge < -0.3 is 11.5 Å². The highest BCUT2D eigenvalue weighted by Crippen LogP contribution is 2.22. The van der Waals surface area contributed by atoms with Gasteiger partial charge in [0.2, 0.25) is 0 Å². The van der Waals surface area contributed by atoms with Crippen LogP contribution in [0.5, 0.6) is 0 Å². The van der Waals surface area contributed by atoms with E-state index >= 15 is 0 Å². The second kappa shape index (κ2) is 6.24.